The Balaban J connectivity index is 2.14. The van der Waals surface area contributed by atoms with E-state index in [0.29, 0.717) is 42.1 Å². The van der Waals surface area contributed by atoms with E-state index < -0.39 is 0 Å². The maximum Gasteiger partial charge on any atom is 0.257 e. The molecule has 0 unspecified atom stereocenters. The summed E-state index contributed by atoms with van der Waals surface area (Å²) in [6, 6.07) is 5.49. The molecule has 5 nitrogen and oxygen atoms in total. The maximum atomic E-state index is 12.8. The summed E-state index contributed by atoms with van der Waals surface area (Å²) >= 11 is 6.05. The molecule has 2 rings (SSSR count). The molecule has 0 bridgehead atoms. The molecule has 122 valence electrons. The highest BCUT2D eigenvalue weighted by atomic mass is 35.5. The summed E-state index contributed by atoms with van der Waals surface area (Å²) in [5, 5.41) is 3.77. The van der Waals surface area contributed by atoms with Crippen LogP contribution in [-0.2, 0) is 4.74 Å². The zero-order valence-electron chi connectivity index (χ0n) is 13.1. The number of hydrogen-bond acceptors (Lipinski definition) is 4. The van der Waals surface area contributed by atoms with Crippen LogP contribution < -0.4 is 10.1 Å². The number of piperidine rings is 1. The number of ether oxygens (including phenoxy) is 2. The van der Waals surface area contributed by atoms with Crippen LogP contribution in [0.1, 0.15) is 23.2 Å². The van der Waals surface area contributed by atoms with Crippen molar-refractivity contribution < 1.29 is 14.3 Å². The molecular formula is C16H23ClN2O3. The molecule has 1 fully saturated rings. The maximum absolute atomic E-state index is 12.8. The molecule has 1 aliphatic heterocycles. The first-order chi connectivity index (χ1) is 10.7. The van der Waals surface area contributed by atoms with Gasteiger partial charge in [-0.1, -0.05) is 11.6 Å². The number of nitrogens with zero attached hydrogens (tertiary/aromatic N) is 1. The summed E-state index contributed by atoms with van der Waals surface area (Å²) < 4.78 is 10.6. The number of benzene rings is 1. The molecule has 0 aliphatic carbocycles. The van der Waals surface area contributed by atoms with Crippen LogP contribution in [0.5, 0.6) is 5.75 Å². The van der Waals surface area contributed by atoms with Crippen LogP contribution in [0.3, 0.4) is 0 Å². The van der Waals surface area contributed by atoms with E-state index in [1.165, 1.54) is 0 Å². The van der Waals surface area contributed by atoms with E-state index >= 15 is 0 Å². The Morgan fingerprint density at radius 3 is 3.00 bits per heavy atom. The van der Waals surface area contributed by atoms with E-state index in [1.54, 1.807) is 25.3 Å². The predicted octanol–water partition coefficient (Wildman–Crippen LogP) is 2.19. The first kappa shape index (κ1) is 17.1. The number of likely N-dealkylation sites (tertiary alicyclic amines) is 1. The minimum atomic E-state index is -0.0325. The van der Waals surface area contributed by atoms with Gasteiger partial charge in [-0.05, 0) is 38.1 Å². The van der Waals surface area contributed by atoms with Crippen LogP contribution >= 0.6 is 11.6 Å². The van der Waals surface area contributed by atoms with Crippen molar-refractivity contribution in [2.24, 2.45) is 0 Å². The van der Waals surface area contributed by atoms with Crippen LogP contribution in [0.4, 0.5) is 0 Å². The zero-order chi connectivity index (χ0) is 15.9. The second kappa shape index (κ2) is 8.36. The van der Waals surface area contributed by atoms with Crippen molar-refractivity contribution in [1.82, 2.24) is 10.2 Å². The van der Waals surface area contributed by atoms with E-state index in [0.717, 1.165) is 19.4 Å². The molecule has 1 atom stereocenters. The lowest BCUT2D eigenvalue weighted by atomic mass is 10.0. The highest BCUT2D eigenvalue weighted by Gasteiger charge is 2.25. The van der Waals surface area contributed by atoms with Crippen LogP contribution in [0, 0.1) is 0 Å². The number of nitrogens with one attached hydrogen (secondary N) is 1. The molecule has 22 heavy (non-hydrogen) atoms. The third-order valence-corrected chi connectivity index (χ3v) is 4.07. The largest absolute Gasteiger partial charge is 0.490 e. The lowest BCUT2D eigenvalue weighted by molar-refractivity contribution is 0.0691. The van der Waals surface area contributed by atoms with Crippen molar-refractivity contribution in [2.75, 3.05) is 40.5 Å². The lowest BCUT2D eigenvalue weighted by Gasteiger charge is -2.33. The third-order valence-electron chi connectivity index (χ3n) is 3.83. The quantitative estimate of drug-likeness (QED) is 0.814. The van der Waals surface area contributed by atoms with Gasteiger partial charge in [0.1, 0.15) is 12.4 Å². The molecule has 1 saturated heterocycles. The average Bonchev–Trinajstić information content (AvgIpc) is 2.55. The number of amides is 1. The summed E-state index contributed by atoms with van der Waals surface area (Å²) in [7, 11) is 3.54. The molecule has 0 saturated carbocycles. The van der Waals surface area contributed by atoms with E-state index in [9.17, 15) is 4.79 Å². The fraction of sp³-hybridized carbons (Fsp3) is 0.562. The minimum absolute atomic E-state index is 0.0325. The molecule has 0 radical (unpaired) electrons. The molecule has 1 amide bonds. The molecule has 1 aromatic rings. The Bertz CT molecular complexity index is 510. The van der Waals surface area contributed by atoms with Crippen LogP contribution in [0.15, 0.2) is 18.2 Å². The lowest BCUT2D eigenvalue weighted by Crippen LogP contribution is -2.47. The summed E-state index contributed by atoms with van der Waals surface area (Å²) in [4.78, 5) is 14.7. The highest BCUT2D eigenvalue weighted by molar-refractivity contribution is 6.31. The van der Waals surface area contributed by atoms with Crippen LogP contribution in [0.25, 0.3) is 0 Å². The molecule has 1 heterocycles. The Labute approximate surface area is 136 Å². The minimum Gasteiger partial charge on any atom is -0.490 e. The molecule has 1 aromatic carbocycles. The highest BCUT2D eigenvalue weighted by Crippen LogP contribution is 2.25. The molecule has 1 N–H and O–H groups in total. The van der Waals surface area contributed by atoms with Gasteiger partial charge in [-0.25, -0.2) is 0 Å². The monoisotopic (exact) mass is 326 g/mol. The van der Waals surface area contributed by atoms with Crippen molar-refractivity contribution in [2.45, 2.75) is 18.9 Å². The number of carbonyl (C=O) groups is 1. The molecule has 1 aliphatic rings. The Kier molecular flexibility index (Phi) is 6.49. The Hall–Kier alpha value is -1.30. The Morgan fingerprint density at radius 2 is 2.27 bits per heavy atom. The van der Waals surface area contributed by atoms with Crippen molar-refractivity contribution in [1.29, 1.82) is 0 Å². The predicted molar refractivity (Wildman–Crippen MR) is 86.8 cm³/mol. The smallest absolute Gasteiger partial charge is 0.257 e. The van der Waals surface area contributed by atoms with E-state index in [4.69, 9.17) is 21.1 Å². The van der Waals surface area contributed by atoms with Crippen molar-refractivity contribution in [3.8, 4) is 5.75 Å². The van der Waals surface area contributed by atoms with Crippen molar-refractivity contribution in [3.05, 3.63) is 28.8 Å². The summed E-state index contributed by atoms with van der Waals surface area (Å²) in [6.45, 7) is 2.35. The van der Waals surface area contributed by atoms with Gasteiger partial charge in [-0.2, -0.15) is 0 Å². The number of likely N-dealkylation sites (N-methyl/N-ethyl adjacent to an activating group) is 1. The van der Waals surface area contributed by atoms with Gasteiger partial charge in [0.15, 0.2) is 0 Å². The zero-order valence-corrected chi connectivity index (χ0v) is 13.9. The summed E-state index contributed by atoms with van der Waals surface area (Å²) in [5.41, 5.74) is 0.514. The summed E-state index contributed by atoms with van der Waals surface area (Å²) in [5.74, 6) is 0.521. The van der Waals surface area contributed by atoms with Gasteiger partial charge in [0.05, 0.1) is 12.2 Å². The first-order valence-electron chi connectivity index (χ1n) is 7.53. The number of rotatable bonds is 6. The van der Waals surface area contributed by atoms with Crippen LogP contribution in [-0.4, -0.2) is 57.3 Å². The topological polar surface area (TPSA) is 50.8 Å². The Morgan fingerprint density at radius 1 is 1.45 bits per heavy atom. The molecule has 0 spiro atoms. The number of methoxy groups -OCH3 is 1. The molecular weight excluding hydrogens is 304 g/mol. The molecule has 0 aromatic heterocycles. The SMILES string of the molecule is CN[C@H]1CCCN(C(=O)c2cc(Cl)ccc2OCCOC)C1. The van der Waals surface area contributed by atoms with E-state index in [2.05, 4.69) is 5.32 Å². The van der Waals surface area contributed by atoms with Gasteiger partial charge in [-0.15, -0.1) is 0 Å². The average molecular weight is 327 g/mol. The van der Waals surface area contributed by atoms with Gasteiger partial charge in [-0.3, -0.25) is 4.79 Å². The fourth-order valence-electron chi connectivity index (χ4n) is 2.60. The normalized spacial score (nSPS) is 18.3. The van der Waals surface area contributed by atoms with Crippen molar-refractivity contribution in [3.63, 3.8) is 0 Å². The number of hydrogen-bond donors (Lipinski definition) is 1. The van der Waals surface area contributed by atoms with Gasteiger partial charge in [0.2, 0.25) is 0 Å². The van der Waals surface area contributed by atoms with E-state index in [-0.39, 0.29) is 5.91 Å². The van der Waals surface area contributed by atoms with Gasteiger partial charge < -0.3 is 19.7 Å². The van der Waals surface area contributed by atoms with Crippen LogP contribution in [0.2, 0.25) is 5.02 Å². The number of halogens is 1. The second-order valence-electron chi connectivity index (χ2n) is 5.36. The fourth-order valence-corrected chi connectivity index (χ4v) is 2.77. The van der Waals surface area contributed by atoms with E-state index in [1.807, 2.05) is 11.9 Å². The third kappa shape index (κ3) is 4.35. The standard InChI is InChI=1S/C16H23ClN2O3/c1-18-13-4-3-7-19(11-13)16(20)14-10-12(17)5-6-15(14)22-9-8-21-2/h5-6,10,13,18H,3-4,7-9,11H2,1-2H3/t13-/m0/s1. The number of carbonyl (C=O) groups excluding carboxylic acids is 1. The second-order valence-corrected chi connectivity index (χ2v) is 5.80. The first-order valence-corrected chi connectivity index (χ1v) is 7.91. The molecule has 6 heteroatoms. The van der Waals surface area contributed by atoms with Gasteiger partial charge in [0, 0.05) is 31.3 Å². The van der Waals surface area contributed by atoms with Gasteiger partial charge in [0.25, 0.3) is 5.91 Å². The summed E-state index contributed by atoms with van der Waals surface area (Å²) in [6.07, 6.45) is 2.09. The van der Waals surface area contributed by atoms with Gasteiger partial charge >= 0.3 is 0 Å². The van der Waals surface area contributed by atoms with Crippen molar-refractivity contribution >= 4 is 17.5 Å².